The summed E-state index contributed by atoms with van der Waals surface area (Å²) in [5.41, 5.74) is 13.1. The fourth-order valence-corrected chi connectivity index (χ4v) is 3.11. The first-order valence-electron chi connectivity index (χ1n) is 10.1. The summed E-state index contributed by atoms with van der Waals surface area (Å²) in [6.07, 6.45) is 6.49. The number of guanidine groups is 1. The molecular formula is C22H29N5O3. The van der Waals surface area contributed by atoms with Crippen molar-refractivity contribution >= 4 is 11.9 Å². The number of oxime groups is 1. The van der Waals surface area contributed by atoms with Gasteiger partial charge in [0.2, 0.25) is 5.96 Å². The molecule has 1 heterocycles. The first kappa shape index (κ1) is 21.4. The van der Waals surface area contributed by atoms with E-state index in [1.807, 2.05) is 36.1 Å². The second kappa shape index (κ2) is 10.5. The molecule has 1 aromatic carbocycles. The van der Waals surface area contributed by atoms with E-state index in [1.165, 1.54) is 12.8 Å². The molecule has 8 heteroatoms. The van der Waals surface area contributed by atoms with Crippen LogP contribution in [0.5, 0.6) is 5.75 Å². The van der Waals surface area contributed by atoms with Gasteiger partial charge in [0, 0.05) is 37.5 Å². The summed E-state index contributed by atoms with van der Waals surface area (Å²) in [4.78, 5) is 24.2. The minimum atomic E-state index is -0.111. The molecule has 2 aromatic rings. The van der Waals surface area contributed by atoms with Crippen molar-refractivity contribution in [3.05, 3.63) is 59.4 Å². The van der Waals surface area contributed by atoms with Crippen molar-refractivity contribution in [1.29, 1.82) is 0 Å². The van der Waals surface area contributed by atoms with Crippen LogP contribution in [0.1, 0.15) is 40.7 Å². The number of ether oxygens (including phenoxy) is 1. The van der Waals surface area contributed by atoms with Gasteiger partial charge >= 0.3 is 0 Å². The molecule has 1 aromatic heterocycles. The zero-order valence-corrected chi connectivity index (χ0v) is 17.3. The Hall–Kier alpha value is -3.29. The van der Waals surface area contributed by atoms with Crippen molar-refractivity contribution < 1.29 is 14.4 Å². The van der Waals surface area contributed by atoms with Gasteiger partial charge in [-0.1, -0.05) is 0 Å². The molecule has 8 nitrogen and oxygen atoms in total. The van der Waals surface area contributed by atoms with Gasteiger partial charge in [-0.25, -0.2) is 0 Å². The number of aryl methyl sites for hydroxylation is 1. The number of carbonyl (C=O) groups excluding carboxylic acids is 1. The topological polar surface area (TPSA) is 116 Å². The summed E-state index contributed by atoms with van der Waals surface area (Å²) in [5, 5.41) is 3.47. The predicted octanol–water partition coefficient (Wildman–Crippen LogP) is 2.42. The normalized spacial score (nSPS) is 12.8. The quantitative estimate of drug-likeness (QED) is 0.254. The van der Waals surface area contributed by atoms with Crippen molar-refractivity contribution in [3.63, 3.8) is 0 Å². The number of nitrogens with two attached hydrogens (primary N) is 2. The zero-order valence-electron chi connectivity index (χ0n) is 17.3. The van der Waals surface area contributed by atoms with Crippen LogP contribution in [0.15, 0.2) is 47.9 Å². The van der Waals surface area contributed by atoms with Gasteiger partial charge in [0.15, 0.2) is 0 Å². The molecule has 4 N–H and O–H groups in total. The van der Waals surface area contributed by atoms with Crippen molar-refractivity contribution in [1.82, 2.24) is 9.88 Å². The summed E-state index contributed by atoms with van der Waals surface area (Å²) in [7, 11) is 0. The predicted molar refractivity (Wildman–Crippen MR) is 115 cm³/mol. The van der Waals surface area contributed by atoms with Crippen LogP contribution in [0, 0.1) is 12.8 Å². The minimum Gasteiger partial charge on any atom is -0.493 e. The van der Waals surface area contributed by atoms with E-state index in [0.717, 1.165) is 17.7 Å². The molecule has 3 rings (SSSR count). The van der Waals surface area contributed by atoms with E-state index in [1.54, 1.807) is 18.5 Å². The smallest absolute Gasteiger partial charge is 0.254 e. The van der Waals surface area contributed by atoms with Crippen LogP contribution in [-0.2, 0) is 11.4 Å². The highest BCUT2D eigenvalue weighted by Crippen LogP contribution is 2.31. The van der Waals surface area contributed by atoms with Gasteiger partial charge in [0.05, 0.1) is 6.61 Å². The van der Waals surface area contributed by atoms with Gasteiger partial charge < -0.3 is 25.9 Å². The van der Waals surface area contributed by atoms with Crippen molar-refractivity contribution in [3.8, 4) is 5.75 Å². The van der Waals surface area contributed by atoms with Crippen LogP contribution in [0.25, 0.3) is 0 Å². The second-order valence-corrected chi connectivity index (χ2v) is 7.57. The average molecular weight is 412 g/mol. The number of hydrogen-bond donors (Lipinski definition) is 2. The summed E-state index contributed by atoms with van der Waals surface area (Å²) in [5.74, 6) is 1.17. The van der Waals surface area contributed by atoms with Crippen LogP contribution in [0.4, 0.5) is 0 Å². The Kier molecular flexibility index (Phi) is 7.48. The highest BCUT2D eigenvalue weighted by Gasteiger charge is 2.27. The maximum absolute atomic E-state index is 13.3. The monoisotopic (exact) mass is 411 g/mol. The molecule has 30 heavy (non-hydrogen) atoms. The standard InChI is InChI=1S/C22H29N5O3/c1-16-11-19(13-20(12-16)29-9-2-10-30-26-22(23)24)21(28)27(14-17-3-4-17)15-18-5-7-25-8-6-18/h5-8,11-13,17H,2-4,9-10,14-15H2,1H3,(H4,23,24,26). The van der Waals surface area contributed by atoms with E-state index >= 15 is 0 Å². The Morgan fingerprint density at radius 3 is 2.67 bits per heavy atom. The van der Waals surface area contributed by atoms with Crippen LogP contribution in [0.2, 0.25) is 0 Å². The van der Waals surface area contributed by atoms with Crippen LogP contribution >= 0.6 is 0 Å². The minimum absolute atomic E-state index is 0.0170. The lowest BCUT2D eigenvalue weighted by Gasteiger charge is -2.23. The molecule has 160 valence electrons. The molecule has 0 spiro atoms. The van der Waals surface area contributed by atoms with Gasteiger partial charge in [-0.2, -0.15) is 0 Å². The molecule has 1 fully saturated rings. The molecule has 0 aliphatic heterocycles. The average Bonchev–Trinajstić information content (AvgIpc) is 3.54. The number of hydrogen-bond acceptors (Lipinski definition) is 5. The van der Waals surface area contributed by atoms with Crippen LogP contribution in [-0.4, -0.2) is 41.5 Å². The number of benzene rings is 1. The van der Waals surface area contributed by atoms with E-state index in [9.17, 15) is 4.79 Å². The lowest BCUT2D eigenvalue weighted by atomic mass is 10.1. The zero-order chi connectivity index (χ0) is 21.3. The SMILES string of the molecule is Cc1cc(OCCCON=C(N)N)cc(C(=O)N(Cc2ccncc2)CC2CC2)c1. The molecule has 0 unspecified atom stereocenters. The van der Waals surface area contributed by atoms with Crippen LogP contribution < -0.4 is 16.2 Å². The fourth-order valence-electron chi connectivity index (χ4n) is 3.11. The van der Waals surface area contributed by atoms with Gasteiger partial charge in [-0.3, -0.25) is 9.78 Å². The maximum atomic E-state index is 13.3. The molecule has 1 amide bonds. The first-order chi connectivity index (χ1) is 14.5. The molecule has 1 aliphatic carbocycles. The highest BCUT2D eigenvalue weighted by atomic mass is 16.6. The first-order valence-corrected chi connectivity index (χ1v) is 10.1. The third-order valence-corrected chi connectivity index (χ3v) is 4.70. The van der Waals surface area contributed by atoms with Crippen molar-refractivity contribution in [2.75, 3.05) is 19.8 Å². The Morgan fingerprint density at radius 2 is 1.97 bits per heavy atom. The Labute approximate surface area is 176 Å². The Balaban J connectivity index is 1.63. The highest BCUT2D eigenvalue weighted by molar-refractivity contribution is 5.94. The van der Waals surface area contributed by atoms with E-state index in [4.69, 9.17) is 21.0 Å². The number of pyridine rings is 1. The van der Waals surface area contributed by atoms with Crippen molar-refractivity contribution in [2.45, 2.75) is 32.7 Å². The molecule has 0 bridgehead atoms. The summed E-state index contributed by atoms with van der Waals surface area (Å²) >= 11 is 0. The van der Waals surface area contributed by atoms with Crippen molar-refractivity contribution in [2.24, 2.45) is 22.5 Å². The fraction of sp³-hybridized carbons (Fsp3) is 0.409. The number of aromatic nitrogens is 1. The number of rotatable bonds is 11. The number of nitrogens with zero attached hydrogens (tertiary/aromatic N) is 3. The van der Waals surface area contributed by atoms with Crippen LogP contribution in [0.3, 0.4) is 0 Å². The molecular weight excluding hydrogens is 382 g/mol. The lowest BCUT2D eigenvalue weighted by Crippen LogP contribution is -2.32. The number of carbonyl (C=O) groups is 1. The van der Waals surface area contributed by atoms with Gasteiger partial charge in [-0.15, -0.1) is 0 Å². The molecule has 0 saturated heterocycles. The molecule has 1 aliphatic rings. The van der Waals surface area contributed by atoms with E-state index in [2.05, 4.69) is 10.1 Å². The van der Waals surface area contributed by atoms with Gasteiger partial charge in [0.1, 0.15) is 12.4 Å². The largest absolute Gasteiger partial charge is 0.493 e. The van der Waals surface area contributed by atoms with E-state index in [-0.39, 0.29) is 11.9 Å². The Morgan fingerprint density at radius 1 is 1.20 bits per heavy atom. The third kappa shape index (κ3) is 6.95. The summed E-state index contributed by atoms with van der Waals surface area (Å²) in [6.45, 7) is 4.08. The second-order valence-electron chi connectivity index (χ2n) is 7.57. The van der Waals surface area contributed by atoms with E-state index in [0.29, 0.717) is 43.4 Å². The van der Waals surface area contributed by atoms with Gasteiger partial charge in [-0.05, 0) is 72.3 Å². The van der Waals surface area contributed by atoms with Gasteiger partial charge in [0.25, 0.3) is 5.91 Å². The summed E-state index contributed by atoms with van der Waals surface area (Å²) < 4.78 is 5.81. The maximum Gasteiger partial charge on any atom is 0.254 e. The summed E-state index contributed by atoms with van der Waals surface area (Å²) in [6, 6.07) is 9.52. The third-order valence-electron chi connectivity index (χ3n) is 4.70. The molecule has 0 atom stereocenters. The van der Waals surface area contributed by atoms with E-state index < -0.39 is 0 Å². The lowest BCUT2D eigenvalue weighted by molar-refractivity contribution is 0.0734. The number of amides is 1. The molecule has 0 radical (unpaired) electrons. The Bertz CT molecular complexity index is 864. The molecule has 1 saturated carbocycles.